The molecule has 0 saturated carbocycles. The van der Waals surface area contributed by atoms with Gasteiger partial charge in [-0.2, -0.15) is 5.10 Å². The first-order valence-corrected chi connectivity index (χ1v) is 10.2. The number of carbonyl (C=O) groups excluding carboxylic acids is 2. The van der Waals surface area contributed by atoms with Crippen molar-refractivity contribution in [3.63, 3.8) is 0 Å². The van der Waals surface area contributed by atoms with Gasteiger partial charge < -0.3 is 10.1 Å². The van der Waals surface area contributed by atoms with Crippen LogP contribution in [0.4, 0.5) is 5.69 Å². The highest BCUT2D eigenvalue weighted by Crippen LogP contribution is 2.27. The van der Waals surface area contributed by atoms with E-state index < -0.39 is 18.5 Å². The fourth-order valence-electron chi connectivity index (χ4n) is 2.35. The molecular formula is C19H16Cl2N4O3S. The van der Waals surface area contributed by atoms with E-state index in [4.69, 9.17) is 27.9 Å². The number of aromatic nitrogens is 3. The molecular weight excluding hydrogens is 435 g/mol. The lowest BCUT2D eigenvalue weighted by Crippen LogP contribution is -2.22. The molecule has 0 spiro atoms. The van der Waals surface area contributed by atoms with Crippen LogP contribution in [0.25, 0.3) is 5.69 Å². The molecule has 2 aromatic carbocycles. The summed E-state index contributed by atoms with van der Waals surface area (Å²) in [5.74, 6) is -0.461. The molecule has 0 aliphatic carbocycles. The Kier molecular flexibility index (Phi) is 7.51. The topological polar surface area (TPSA) is 86.1 Å². The summed E-state index contributed by atoms with van der Waals surface area (Å²) in [6, 6.07) is 12.3. The largest absolute Gasteiger partial charge is 0.456 e. The Morgan fingerprint density at radius 3 is 2.76 bits per heavy atom. The van der Waals surface area contributed by atoms with Crippen molar-refractivity contribution in [2.45, 2.75) is 11.3 Å². The minimum Gasteiger partial charge on any atom is -0.456 e. The number of hydrogen-bond acceptors (Lipinski definition) is 6. The molecule has 3 aromatic rings. The lowest BCUT2D eigenvalue weighted by molar-refractivity contribution is -0.146. The Bertz CT molecular complexity index is 999. The van der Waals surface area contributed by atoms with Crippen molar-refractivity contribution in [3.05, 3.63) is 65.2 Å². The molecule has 3 rings (SSSR count). The van der Waals surface area contributed by atoms with Crippen LogP contribution in [0, 0.1) is 0 Å². The van der Waals surface area contributed by atoms with Gasteiger partial charge >= 0.3 is 5.97 Å². The molecule has 0 aliphatic rings. The Morgan fingerprint density at radius 2 is 2.00 bits per heavy atom. The maximum atomic E-state index is 12.2. The summed E-state index contributed by atoms with van der Waals surface area (Å²) < 4.78 is 6.53. The fourth-order valence-corrected chi connectivity index (χ4v) is 3.69. The number of nitrogens with zero attached hydrogens (tertiary/aromatic N) is 3. The van der Waals surface area contributed by atoms with Gasteiger partial charge in [0.1, 0.15) is 12.7 Å². The summed E-state index contributed by atoms with van der Waals surface area (Å²) in [6.45, 7) is -0.404. The third-order valence-corrected chi connectivity index (χ3v) is 5.41. The van der Waals surface area contributed by atoms with Crippen molar-refractivity contribution < 1.29 is 14.3 Å². The smallest absolute Gasteiger partial charge is 0.307 e. The molecule has 0 saturated heterocycles. The van der Waals surface area contributed by atoms with Crippen LogP contribution in [0.5, 0.6) is 0 Å². The number of nitrogens with one attached hydrogen (secondary N) is 1. The number of carbonyl (C=O) groups is 2. The summed E-state index contributed by atoms with van der Waals surface area (Å²) in [6.07, 6.45) is 3.03. The van der Waals surface area contributed by atoms with Gasteiger partial charge in [0, 0.05) is 15.7 Å². The molecule has 1 N–H and O–H groups in total. The average Bonchev–Trinajstić information content (AvgIpc) is 3.22. The van der Waals surface area contributed by atoms with E-state index in [1.807, 2.05) is 18.2 Å². The molecule has 1 amide bonds. The van der Waals surface area contributed by atoms with Crippen LogP contribution in [-0.4, -0.2) is 39.0 Å². The van der Waals surface area contributed by atoms with Gasteiger partial charge in [0.15, 0.2) is 6.61 Å². The molecule has 7 nitrogen and oxygen atoms in total. The molecule has 1 aromatic heterocycles. The maximum absolute atomic E-state index is 12.2. The third-order valence-electron chi connectivity index (χ3n) is 3.66. The van der Waals surface area contributed by atoms with Crippen LogP contribution in [0.1, 0.15) is 6.42 Å². The number of ether oxygens (including phenoxy) is 1. The minimum atomic E-state index is -0.485. The SMILES string of the molecule is O=C(COC(=O)CCSc1ccccc1Cl)Nc1cc(Cl)ccc1-n1cncn1. The van der Waals surface area contributed by atoms with Crippen molar-refractivity contribution in [2.24, 2.45) is 0 Å². The number of esters is 1. The van der Waals surface area contributed by atoms with Crippen molar-refractivity contribution in [2.75, 3.05) is 17.7 Å². The predicted octanol–water partition coefficient (Wildman–Crippen LogP) is 4.24. The molecule has 0 aliphatic heterocycles. The van der Waals surface area contributed by atoms with Gasteiger partial charge in [0.25, 0.3) is 5.91 Å². The second kappa shape index (κ2) is 10.3. The van der Waals surface area contributed by atoms with E-state index in [2.05, 4.69) is 15.4 Å². The number of amides is 1. The van der Waals surface area contributed by atoms with Gasteiger partial charge in [-0.1, -0.05) is 35.3 Å². The van der Waals surface area contributed by atoms with Gasteiger partial charge in [0.2, 0.25) is 0 Å². The second-order valence-corrected chi connectivity index (χ2v) is 7.72. The monoisotopic (exact) mass is 450 g/mol. The Morgan fingerprint density at radius 1 is 1.17 bits per heavy atom. The maximum Gasteiger partial charge on any atom is 0.307 e. The van der Waals surface area contributed by atoms with Gasteiger partial charge in [-0.3, -0.25) is 9.59 Å². The van der Waals surface area contributed by atoms with Gasteiger partial charge in [0.05, 0.1) is 22.8 Å². The molecule has 150 valence electrons. The minimum absolute atomic E-state index is 0.157. The molecule has 1 heterocycles. The molecule has 0 atom stereocenters. The Labute approximate surface area is 181 Å². The molecule has 0 fully saturated rings. The molecule has 0 bridgehead atoms. The van der Waals surface area contributed by atoms with E-state index in [-0.39, 0.29) is 6.42 Å². The van der Waals surface area contributed by atoms with Crippen LogP contribution in [0.15, 0.2) is 60.0 Å². The summed E-state index contributed by atoms with van der Waals surface area (Å²) in [5.41, 5.74) is 1.01. The number of thioether (sulfide) groups is 1. The number of rotatable bonds is 8. The average molecular weight is 451 g/mol. The van der Waals surface area contributed by atoms with Gasteiger partial charge in [-0.15, -0.1) is 11.8 Å². The zero-order valence-corrected chi connectivity index (χ0v) is 17.4. The quantitative estimate of drug-likeness (QED) is 0.407. The van der Waals surface area contributed by atoms with Gasteiger partial charge in [-0.25, -0.2) is 9.67 Å². The Hall–Kier alpha value is -2.55. The predicted molar refractivity (Wildman–Crippen MR) is 113 cm³/mol. The lowest BCUT2D eigenvalue weighted by atomic mass is 10.2. The standard InChI is InChI=1S/C19H16Cl2N4O3S/c20-13-5-6-16(25-12-22-11-23-25)15(9-13)24-18(26)10-28-19(27)7-8-29-17-4-2-1-3-14(17)21/h1-6,9,11-12H,7-8,10H2,(H,24,26). The first kappa shape index (κ1) is 21.2. The molecule has 0 unspecified atom stereocenters. The van der Waals surface area contributed by atoms with Crippen molar-refractivity contribution in [1.29, 1.82) is 0 Å². The van der Waals surface area contributed by atoms with Crippen LogP contribution in [-0.2, 0) is 14.3 Å². The summed E-state index contributed by atoms with van der Waals surface area (Å²) >= 11 is 13.5. The van der Waals surface area contributed by atoms with Crippen molar-refractivity contribution in [3.8, 4) is 5.69 Å². The normalized spacial score (nSPS) is 10.6. The van der Waals surface area contributed by atoms with Crippen LogP contribution in [0.3, 0.4) is 0 Å². The highest BCUT2D eigenvalue weighted by atomic mass is 35.5. The van der Waals surface area contributed by atoms with E-state index in [9.17, 15) is 9.59 Å². The van der Waals surface area contributed by atoms with Crippen LogP contribution >= 0.6 is 35.0 Å². The van der Waals surface area contributed by atoms with Gasteiger partial charge in [-0.05, 0) is 30.3 Å². The van der Waals surface area contributed by atoms with E-state index in [0.29, 0.717) is 27.2 Å². The van der Waals surface area contributed by atoms with E-state index in [1.54, 1.807) is 24.3 Å². The molecule has 10 heteroatoms. The highest BCUT2D eigenvalue weighted by Gasteiger charge is 2.12. The first-order chi connectivity index (χ1) is 14.0. The lowest BCUT2D eigenvalue weighted by Gasteiger charge is -2.11. The summed E-state index contributed by atoms with van der Waals surface area (Å²) in [7, 11) is 0. The van der Waals surface area contributed by atoms with E-state index in [1.165, 1.54) is 29.1 Å². The van der Waals surface area contributed by atoms with Crippen LogP contribution < -0.4 is 5.32 Å². The summed E-state index contributed by atoms with van der Waals surface area (Å²) in [4.78, 5) is 28.9. The fraction of sp³-hybridized carbons (Fsp3) is 0.158. The van der Waals surface area contributed by atoms with Crippen molar-refractivity contribution in [1.82, 2.24) is 14.8 Å². The first-order valence-electron chi connectivity index (χ1n) is 8.50. The number of anilines is 1. The summed E-state index contributed by atoms with van der Waals surface area (Å²) in [5, 5.41) is 7.79. The zero-order valence-electron chi connectivity index (χ0n) is 15.0. The van der Waals surface area contributed by atoms with E-state index in [0.717, 1.165) is 4.90 Å². The van der Waals surface area contributed by atoms with Crippen LogP contribution in [0.2, 0.25) is 10.0 Å². The third kappa shape index (κ3) is 6.22. The van der Waals surface area contributed by atoms with Crippen molar-refractivity contribution >= 4 is 52.5 Å². The molecule has 29 heavy (non-hydrogen) atoms. The second-order valence-electron chi connectivity index (χ2n) is 5.74. The number of halogens is 2. The Balaban J connectivity index is 1.48. The van der Waals surface area contributed by atoms with E-state index >= 15 is 0 Å². The highest BCUT2D eigenvalue weighted by molar-refractivity contribution is 7.99. The molecule has 0 radical (unpaired) electrons. The number of hydrogen-bond donors (Lipinski definition) is 1. The zero-order chi connectivity index (χ0) is 20.6. The number of benzene rings is 2.